The number of carbonyl (C=O) groups excluding carboxylic acids is 2. The minimum absolute atomic E-state index is 0.0652. The van der Waals surface area contributed by atoms with Crippen LogP contribution in [-0.2, 0) is 24.3 Å². The van der Waals surface area contributed by atoms with E-state index >= 15 is 0 Å². The van der Waals surface area contributed by atoms with Gasteiger partial charge in [-0.1, -0.05) is 0 Å². The van der Waals surface area contributed by atoms with E-state index in [1.807, 2.05) is 0 Å². The van der Waals surface area contributed by atoms with Crippen molar-refractivity contribution < 1.29 is 27.5 Å². The van der Waals surface area contributed by atoms with Crippen LogP contribution in [-0.4, -0.2) is 124 Å². The Hall–Kier alpha value is -1.43. The summed E-state index contributed by atoms with van der Waals surface area (Å²) < 4.78 is 37.5. The van der Waals surface area contributed by atoms with Gasteiger partial charge in [-0.3, -0.25) is 4.79 Å². The van der Waals surface area contributed by atoms with Crippen molar-refractivity contribution in [2.75, 3.05) is 72.4 Å². The van der Waals surface area contributed by atoms with Crippen molar-refractivity contribution in [2.45, 2.75) is 12.1 Å². The quantitative estimate of drug-likeness (QED) is 0.554. The van der Waals surface area contributed by atoms with Gasteiger partial charge in [-0.25, -0.2) is 13.2 Å². The van der Waals surface area contributed by atoms with E-state index in [1.54, 1.807) is 23.9 Å². The molecule has 3 rings (SSSR count). The maximum atomic E-state index is 12.7. The largest absolute Gasteiger partial charge is 0.378 e. The Bertz CT molecular complexity index is 649. The number of hydrogen-bond acceptors (Lipinski definition) is 6. The molecule has 3 saturated heterocycles. The van der Waals surface area contributed by atoms with E-state index in [0.29, 0.717) is 32.8 Å². The average molecular weight is 390 g/mol. The maximum Gasteiger partial charge on any atom is 0.320 e. The molecule has 0 spiro atoms. The fourth-order valence-electron chi connectivity index (χ4n) is 3.43. The zero-order valence-corrected chi connectivity index (χ0v) is 16.0. The molecule has 2 atom stereocenters. The minimum atomic E-state index is -3.63. The first-order chi connectivity index (χ1) is 12.3. The van der Waals surface area contributed by atoms with E-state index in [2.05, 4.69) is 0 Å². The number of carbonyl (C=O) groups is 2. The lowest BCUT2D eigenvalue weighted by Crippen LogP contribution is -2.51. The number of nitrogens with zero attached hydrogens (tertiary/aromatic N) is 4. The van der Waals surface area contributed by atoms with E-state index in [9.17, 15) is 18.0 Å². The lowest BCUT2D eigenvalue weighted by Gasteiger charge is -2.31. The average Bonchev–Trinajstić information content (AvgIpc) is 2.98. The van der Waals surface area contributed by atoms with Crippen LogP contribution < -0.4 is 0 Å². The first-order valence-electron chi connectivity index (χ1n) is 8.72. The summed E-state index contributed by atoms with van der Waals surface area (Å²) in [4.78, 5) is 29.6. The highest BCUT2D eigenvalue weighted by atomic mass is 32.2. The molecule has 0 radical (unpaired) electrons. The van der Waals surface area contributed by atoms with Gasteiger partial charge in [0.2, 0.25) is 15.9 Å². The van der Waals surface area contributed by atoms with Gasteiger partial charge >= 0.3 is 6.03 Å². The number of amides is 3. The summed E-state index contributed by atoms with van der Waals surface area (Å²) in [5.41, 5.74) is 0. The SMILES string of the molecule is CN(C)C(=O)CN1[C@@H]2CN(C(=O)N3CCOCC3)C[C@@H]2OCCS1(=O)=O. The summed E-state index contributed by atoms with van der Waals surface area (Å²) in [7, 11) is -0.454. The summed E-state index contributed by atoms with van der Waals surface area (Å²) in [5.74, 6) is -0.454. The summed E-state index contributed by atoms with van der Waals surface area (Å²) in [5, 5.41) is 0. The Balaban J connectivity index is 1.77. The molecule has 148 valence electrons. The molecule has 3 aliphatic heterocycles. The summed E-state index contributed by atoms with van der Waals surface area (Å²) in [6, 6.07) is -0.683. The van der Waals surface area contributed by atoms with Crippen LogP contribution in [0.15, 0.2) is 0 Å². The second-order valence-electron chi connectivity index (χ2n) is 6.91. The molecule has 0 aromatic carbocycles. The van der Waals surface area contributed by atoms with Crippen molar-refractivity contribution in [3.63, 3.8) is 0 Å². The zero-order chi connectivity index (χ0) is 18.9. The molecule has 0 aliphatic carbocycles. The third-order valence-corrected chi connectivity index (χ3v) is 6.78. The molecule has 11 heteroatoms. The Morgan fingerprint density at radius 1 is 1.08 bits per heavy atom. The van der Waals surface area contributed by atoms with Crippen LogP contribution in [0, 0.1) is 0 Å². The summed E-state index contributed by atoms with van der Waals surface area (Å²) >= 11 is 0. The summed E-state index contributed by atoms with van der Waals surface area (Å²) in [6.45, 7) is 2.42. The van der Waals surface area contributed by atoms with Crippen LogP contribution in [0.4, 0.5) is 4.79 Å². The molecule has 3 fully saturated rings. The van der Waals surface area contributed by atoms with E-state index in [1.165, 1.54) is 9.21 Å². The third-order valence-electron chi connectivity index (χ3n) is 4.98. The number of morpholine rings is 1. The first kappa shape index (κ1) is 19.3. The molecular weight excluding hydrogens is 364 g/mol. The molecule has 3 heterocycles. The molecule has 0 aromatic rings. The van der Waals surface area contributed by atoms with Crippen molar-refractivity contribution in [1.29, 1.82) is 0 Å². The number of likely N-dealkylation sites (tertiary alicyclic amines) is 1. The van der Waals surface area contributed by atoms with Crippen LogP contribution in [0.1, 0.15) is 0 Å². The number of urea groups is 1. The van der Waals surface area contributed by atoms with Crippen molar-refractivity contribution in [1.82, 2.24) is 19.0 Å². The fraction of sp³-hybridized carbons (Fsp3) is 0.867. The lowest BCUT2D eigenvalue weighted by molar-refractivity contribution is -0.129. The molecule has 0 saturated carbocycles. The zero-order valence-electron chi connectivity index (χ0n) is 15.2. The number of likely N-dealkylation sites (N-methyl/N-ethyl adjacent to an activating group) is 1. The van der Waals surface area contributed by atoms with Crippen LogP contribution in [0.5, 0.6) is 0 Å². The Labute approximate surface area is 153 Å². The van der Waals surface area contributed by atoms with Gasteiger partial charge in [0.05, 0.1) is 50.8 Å². The molecule has 10 nitrogen and oxygen atoms in total. The van der Waals surface area contributed by atoms with E-state index < -0.39 is 22.2 Å². The predicted molar refractivity (Wildman–Crippen MR) is 92.1 cm³/mol. The molecule has 26 heavy (non-hydrogen) atoms. The van der Waals surface area contributed by atoms with Gasteiger partial charge in [-0.2, -0.15) is 4.31 Å². The second kappa shape index (κ2) is 7.67. The highest BCUT2D eigenvalue weighted by molar-refractivity contribution is 7.89. The highest BCUT2D eigenvalue weighted by Gasteiger charge is 2.47. The second-order valence-corrected chi connectivity index (χ2v) is 8.95. The lowest BCUT2D eigenvalue weighted by atomic mass is 10.2. The topological polar surface area (TPSA) is 99.7 Å². The Kier molecular flexibility index (Phi) is 5.70. The number of hydrogen-bond donors (Lipinski definition) is 0. The standard InChI is InChI=1S/C15H26N4O6S/c1-16(2)14(20)11-19-12-9-18(15(21)17-3-5-24-6-4-17)10-13(12)25-7-8-26(19,22)23/h12-13H,3-11H2,1-2H3/t12-,13+/m1/s1. The van der Waals surface area contributed by atoms with E-state index in [4.69, 9.17) is 9.47 Å². The van der Waals surface area contributed by atoms with Gasteiger partial charge in [0, 0.05) is 33.7 Å². The maximum absolute atomic E-state index is 12.7. The van der Waals surface area contributed by atoms with Gasteiger partial charge in [0.15, 0.2) is 0 Å². The molecular formula is C15H26N4O6S. The Morgan fingerprint density at radius 2 is 1.77 bits per heavy atom. The third kappa shape index (κ3) is 3.95. The molecule has 0 bridgehead atoms. The fourth-order valence-corrected chi connectivity index (χ4v) is 4.89. The van der Waals surface area contributed by atoms with Gasteiger partial charge < -0.3 is 24.2 Å². The van der Waals surface area contributed by atoms with E-state index in [-0.39, 0.29) is 37.4 Å². The predicted octanol–water partition coefficient (Wildman–Crippen LogP) is -1.76. The highest BCUT2D eigenvalue weighted by Crippen LogP contribution is 2.26. The van der Waals surface area contributed by atoms with Crippen molar-refractivity contribution in [3.05, 3.63) is 0 Å². The van der Waals surface area contributed by atoms with Crippen molar-refractivity contribution >= 4 is 22.0 Å². The van der Waals surface area contributed by atoms with Gasteiger partial charge in [-0.05, 0) is 0 Å². The number of ether oxygens (including phenoxy) is 2. The minimum Gasteiger partial charge on any atom is -0.378 e. The smallest absolute Gasteiger partial charge is 0.320 e. The molecule has 0 N–H and O–H groups in total. The van der Waals surface area contributed by atoms with Gasteiger partial charge in [0.1, 0.15) is 0 Å². The Morgan fingerprint density at radius 3 is 2.42 bits per heavy atom. The van der Waals surface area contributed by atoms with Gasteiger partial charge in [-0.15, -0.1) is 0 Å². The van der Waals surface area contributed by atoms with Crippen LogP contribution in [0.25, 0.3) is 0 Å². The number of rotatable bonds is 2. The molecule has 3 amide bonds. The van der Waals surface area contributed by atoms with Crippen LogP contribution in [0.2, 0.25) is 0 Å². The first-order valence-corrected chi connectivity index (χ1v) is 10.3. The van der Waals surface area contributed by atoms with Crippen LogP contribution >= 0.6 is 0 Å². The van der Waals surface area contributed by atoms with Crippen molar-refractivity contribution in [3.8, 4) is 0 Å². The summed E-state index contributed by atoms with van der Waals surface area (Å²) in [6.07, 6.45) is -0.424. The van der Waals surface area contributed by atoms with E-state index in [0.717, 1.165) is 0 Å². The van der Waals surface area contributed by atoms with Gasteiger partial charge in [0.25, 0.3) is 0 Å². The molecule has 0 aromatic heterocycles. The number of fused-ring (bicyclic) bond motifs is 1. The molecule has 3 aliphatic rings. The molecule has 0 unspecified atom stereocenters. The van der Waals surface area contributed by atoms with Crippen LogP contribution in [0.3, 0.4) is 0 Å². The van der Waals surface area contributed by atoms with Crippen molar-refractivity contribution in [2.24, 2.45) is 0 Å². The number of sulfonamides is 1. The normalized spacial score (nSPS) is 29.2. The monoisotopic (exact) mass is 390 g/mol.